The molecule has 0 fully saturated rings. The van der Waals surface area contributed by atoms with Crippen LogP contribution < -0.4 is 25.0 Å². The molecule has 2 amide bonds. The van der Waals surface area contributed by atoms with Gasteiger partial charge in [0.2, 0.25) is 11.8 Å². The van der Waals surface area contributed by atoms with Crippen molar-refractivity contribution in [1.29, 1.82) is 0 Å². The van der Waals surface area contributed by atoms with Gasteiger partial charge >= 0.3 is 0 Å². The average Bonchev–Trinajstić information content (AvgIpc) is 2.73. The van der Waals surface area contributed by atoms with Gasteiger partial charge in [-0.1, -0.05) is 12.0 Å². The van der Waals surface area contributed by atoms with Crippen molar-refractivity contribution in [3.05, 3.63) is 48.0 Å². The quantitative estimate of drug-likeness (QED) is 0.272. The lowest BCUT2D eigenvalue weighted by Crippen LogP contribution is -2.24. The van der Waals surface area contributed by atoms with Crippen LogP contribution >= 0.6 is 0 Å². The van der Waals surface area contributed by atoms with E-state index in [9.17, 15) is 9.59 Å². The van der Waals surface area contributed by atoms with Crippen molar-refractivity contribution in [2.45, 2.75) is 13.3 Å². The van der Waals surface area contributed by atoms with Gasteiger partial charge in [0.15, 0.2) is 11.5 Å². The van der Waals surface area contributed by atoms with E-state index < -0.39 is 11.8 Å². The van der Waals surface area contributed by atoms with Gasteiger partial charge in [0, 0.05) is 11.8 Å². The van der Waals surface area contributed by atoms with Crippen LogP contribution in [0.15, 0.2) is 47.6 Å². The molecule has 0 atom stereocenters. The van der Waals surface area contributed by atoms with Crippen molar-refractivity contribution in [2.75, 3.05) is 25.6 Å². The van der Waals surface area contributed by atoms with Gasteiger partial charge in [-0.2, -0.15) is 5.10 Å². The largest absolute Gasteiger partial charge is 0.497 e. The molecule has 8 heteroatoms. The fourth-order valence-electron chi connectivity index (χ4n) is 2.38. The number of rotatable bonds is 10. The van der Waals surface area contributed by atoms with Gasteiger partial charge in [-0.25, -0.2) is 5.43 Å². The van der Waals surface area contributed by atoms with Crippen LogP contribution in [0.1, 0.15) is 18.9 Å². The van der Waals surface area contributed by atoms with Crippen LogP contribution in [0.25, 0.3) is 0 Å². The first-order valence-electron chi connectivity index (χ1n) is 9.14. The van der Waals surface area contributed by atoms with Crippen molar-refractivity contribution in [2.24, 2.45) is 5.10 Å². The number of ether oxygens (including phenoxy) is 3. The number of hydrazone groups is 1. The number of methoxy groups -OCH3 is 1. The summed E-state index contributed by atoms with van der Waals surface area (Å²) in [7, 11) is 1.53. The van der Waals surface area contributed by atoms with Crippen LogP contribution in [0.3, 0.4) is 0 Å². The minimum Gasteiger partial charge on any atom is -0.497 e. The Bertz CT molecular complexity index is 950. The normalized spacial score (nSPS) is 10.2. The maximum atomic E-state index is 12.0. The van der Waals surface area contributed by atoms with Crippen LogP contribution in [0.4, 0.5) is 5.69 Å². The zero-order chi connectivity index (χ0) is 21.8. The van der Waals surface area contributed by atoms with Crippen molar-refractivity contribution in [3.63, 3.8) is 0 Å². The SMILES string of the molecule is C#CCOc1ccc(C=NNC(=O)CC(=O)Nc2cccc(OC)c2)cc1OCC. The summed E-state index contributed by atoms with van der Waals surface area (Å²) in [5, 5.41) is 6.49. The number of nitrogens with one attached hydrogen (secondary N) is 2. The number of hydrogen-bond acceptors (Lipinski definition) is 6. The highest BCUT2D eigenvalue weighted by molar-refractivity contribution is 6.03. The minimum absolute atomic E-state index is 0.126. The third-order valence-corrected chi connectivity index (χ3v) is 3.66. The molecule has 0 saturated carbocycles. The van der Waals surface area contributed by atoms with Crippen LogP contribution in [0.2, 0.25) is 0 Å². The number of carbonyl (C=O) groups excluding carboxylic acids is 2. The second-order valence-electron chi connectivity index (χ2n) is 5.88. The molecule has 0 spiro atoms. The number of nitrogens with zero attached hydrogens (tertiary/aromatic N) is 1. The van der Waals surface area contributed by atoms with E-state index in [2.05, 4.69) is 21.8 Å². The first-order chi connectivity index (χ1) is 14.5. The minimum atomic E-state index is -0.550. The number of carbonyl (C=O) groups is 2. The smallest absolute Gasteiger partial charge is 0.249 e. The second kappa shape index (κ2) is 11.8. The topological polar surface area (TPSA) is 98.2 Å². The Hall–Kier alpha value is -3.99. The van der Waals surface area contributed by atoms with Crippen molar-refractivity contribution < 1.29 is 23.8 Å². The number of amides is 2. The van der Waals surface area contributed by atoms with Crippen LogP contribution in [0, 0.1) is 12.3 Å². The Kier molecular flexibility index (Phi) is 8.74. The van der Waals surface area contributed by atoms with Gasteiger partial charge in [0.1, 0.15) is 18.8 Å². The van der Waals surface area contributed by atoms with Crippen LogP contribution in [-0.4, -0.2) is 38.4 Å². The molecule has 0 aromatic heterocycles. The fourth-order valence-corrected chi connectivity index (χ4v) is 2.38. The molecule has 0 aliphatic carbocycles. The molecule has 2 rings (SSSR count). The monoisotopic (exact) mass is 409 g/mol. The van der Waals surface area contributed by atoms with Gasteiger partial charge in [-0.3, -0.25) is 9.59 Å². The lowest BCUT2D eigenvalue weighted by molar-refractivity contribution is -0.126. The molecular weight excluding hydrogens is 386 g/mol. The van der Waals surface area contributed by atoms with E-state index in [1.54, 1.807) is 42.5 Å². The molecule has 2 aromatic carbocycles. The molecule has 156 valence electrons. The third-order valence-electron chi connectivity index (χ3n) is 3.66. The molecule has 8 nitrogen and oxygen atoms in total. The molecule has 0 saturated heterocycles. The lowest BCUT2D eigenvalue weighted by atomic mass is 10.2. The van der Waals surface area contributed by atoms with Gasteiger partial charge in [-0.15, -0.1) is 6.42 Å². The summed E-state index contributed by atoms with van der Waals surface area (Å²) in [5.41, 5.74) is 3.52. The molecule has 0 bridgehead atoms. The Labute approximate surface area is 175 Å². The summed E-state index contributed by atoms with van der Waals surface area (Å²) in [6.07, 6.45) is 6.26. The van der Waals surface area contributed by atoms with Crippen molar-refractivity contribution >= 4 is 23.7 Å². The number of hydrogen-bond donors (Lipinski definition) is 2. The van der Waals surface area contributed by atoms with Crippen molar-refractivity contribution in [1.82, 2.24) is 5.43 Å². The molecule has 2 N–H and O–H groups in total. The van der Waals surface area contributed by atoms with E-state index >= 15 is 0 Å². The highest BCUT2D eigenvalue weighted by Gasteiger charge is 2.10. The Balaban J connectivity index is 1.89. The average molecular weight is 409 g/mol. The molecule has 0 unspecified atom stereocenters. The summed E-state index contributed by atoms with van der Waals surface area (Å²) in [4.78, 5) is 23.9. The zero-order valence-electron chi connectivity index (χ0n) is 16.8. The number of benzene rings is 2. The summed E-state index contributed by atoms with van der Waals surface area (Å²) >= 11 is 0. The van der Waals surface area contributed by atoms with E-state index in [0.29, 0.717) is 35.1 Å². The second-order valence-corrected chi connectivity index (χ2v) is 5.88. The predicted octanol–water partition coefficient (Wildman–Crippen LogP) is 2.58. The fraction of sp³-hybridized carbons (Fsp3) is 0.227. The highest BCUT2D eigenvalue weighted by Crippen LogP contribution is 2.28. The predicted molar refractivity (Wildman–Crippen MR) is 114 cm³/mol. The van der Waals surface area contributed by atoms with Gasteiger partial charge in [-0.05, 0) is 42.8 Å². The van der Waals surface area contributed by atoms with E-state index in [1.165, 1.54) is 13.3 Å². The Morgan fingerprint density at radius 1 is 1.13 bits per heavy atom. The summed E-state index contributed by atoms with van der Waals surface area (Å²) in [5.74, 6) is 3.01. The van der Waals surface area contributed by atoms with Gasteiger partial charge in [0.05, 0.1) is 19.9 Å². The van der Waals surface area contributed by atoms with E-state index in [0.717, 1.165) is 0 Å². The van der Waals surface area contributed by atoms with Crippen LogP contribution in [0.5, 0.6) is 17.2 Å². The van der Waals surface area contributed by atoms with E-state index in [1.807, 2.05) is 6.92 Å². The van der Waals surface area contributed by atoms with Crippen molar-refractivity contribution in [3.8, 4) is 29.6 Å². The molecular formula is C22H23N3O5. The maximum absolute atomic E-state index is 12.0. The zero-order valence-corrected chi connectivity index (χ0v) is 16.8. The molecule has 30 heavy (non-hydrogen) atoms. The van der Waals surface area contributed by atoms with E-state index in [-0.39, 0.29) is 13.0 Å². The first kappa shape index (κ1) is 22.3. The first-order valence-corrected chi connectivity index (χ1v) is 9.14. The molecule has 2 aromatic rings. The molecule has 0 radical (unpaired) electrons. The number of anilines is 1. The summed E-state index contributed by atoms with van der Waals surface area (Å²) < 4.78 is 16.0. The van der Waals surface area contributed by atoms with Gasteiger partial charge < -0.3 is 19.5 Å². The lowest BCUT2D eigenvalue weighted by Gasteiger charge is -2.10. The Morgan fingerprint density at radius 3 is 2.70 bits per heavy atom. The van der Waals surface area contributed by atoms with E-state index in [4.69, 9.17) is 20.6 Å². The molecule has 0 aliphatic rings. The highest BCUT2D eigenvalue weighted by atomic mass is 16.5. The summed E-state index contributed by atoms with van der Waals surface area (Å²) in [6.45, 7) is 2.43. The third kappa shape index (κ3) is 7.20. The molecule has 0 heterocycles. The molecule has 0 aliphatic heterocycles. The summed E-state index contributed by atoms with van der Waals surface area (Å²) in [6, 6.07) is 12.0. The number of terminal acetylenes is 1. The Morgan fingerprint density at radius 2 is 1.97 bits per heavy atom. The maximum Gasteiger partial charge on any atom is 0.249 e. The van der Waals surface area contributed by atoms with Gasteiger partial charge in [0.25, 0.3) is 0 Å². The standard InChI is InChI=1S/C22H23N3O5/c1-4-11-30-19-10-9-16(12-20(19)29-5-2)15-23-25-22(27)14-21(26)24-17-7-6-8-18(13-17)28-3/h1,6-10,12-13,15H,5,11,14H2,2-3H3,(H,24,26)(H,25,27). The van der Waals surface area contributed by atoms with Crippen LogP contribution in [-0.2, 0) is 9.59 Å².